The van der Waals surface area contributed by atoms with Gasteiger partial charge in [0.2, 0.25) is 10.0 Å². The molecular formula is C13H18N2O2S2. The van der Waals surface area contributed by atoms with Crippen LogP contribution >= 0.6 is 12.2 Å². The van der Waals surface area contributed by atoms with Gasteiger partial charge in [-0.3, -0.25) is 0 Å². The summed E-state index contributed by atoms with van der Waals surface area (Å²) in [6.07, 6.45) is 2.16. The Bertz CT molecular complexity index is 620. The lowest BCUT2D eigenvalue weighted by molar-refractivity contribution is 0.530. The predicted octanol–water partition coefficient (Wildman–Crippen LogP) is 1.71. The Labute approximate surface area is 119 Å². The van der Waals surface area contributed by atoms with Crippen molar-refractivity contribution in [1.29, 1.82) is 0 Å². The first-order valence-corrected chi connectivity index (χ1v) is 8.03. The zero-order valence-electron chi connectivity index (χ0n) is 11.1. The lowest BCUT2D eigenvalue weighted by atomic mass is 10.1. The average Bonchev–Trinajstić information content (AvgIpc) is 3.05. The summed E-state index contributed by atoms with van der Waals surface area (Å²) in [5.74, 6) is 0. The summed E-state index contributed by atoms with van der Waals surface area (Å²) in [6, 6.07) is 4.90. The predicted molar refractivity (Wildman–Crippen MR) is 79.6 cm³/mol. The van der Waals surface area contributed by atoms with Gasteiger partial charge in [-0.2, -0.15) is 0 Å². The van der Waals surface area contributed by atoms with E-state index in [1.165, 1.54) is 0 Å². The van der Waals surface area contributed by atoms with Crippen molar-refractivity contribution < 1.29 is 8.42 Å². The number of sulfonamides is 1. The van der Waals surface area contributed by atoms with E-state index in [-0.39, 0.29) is 15.3 Å². The van der Waals surface area contributed by atoms with Crippen LogP contribution in [0.25, 0.3) is 0 Å². The van der Waals surface area contributed by atoms with E-state index < -0.39 is 10.0 Å². The van der Waals surface area contributed by atoms with Crippen LogP contribution in [0.15, 0.2) is 23.1 Å². The fourth-order valence-electron chi connectivity index (χ4n) is 1.84. The van der Waals surface area contributed by atoms with Gasteiger partial charge >= 0.3 is 0 Å². The molecule has 0 spiro atoms. The normalized spacial score (nSPS) is 17.2. The zero-order chi connectivity index (χ0) is 14.3. The molecule has 19 heavy (non-hydrogen) atoms. The van der Waals surface area contributed by atoms with Gasteiger partial charge in [0.05, 0.1) is 4.90 Å². The quantitative estimate of drug-likeness (QED) is 0.812. The van der Waals surface area contributed by atoms with Gasteiger partial charge in [-0.25, -0.2) is 13.1 Å². The second kappa shape index (κ2) is 4.85. The van der Waals surface area contributed by atoms with Crippen LogP contribution in [0.5, 0.6) is 0 Å². The molecule has 0 radical (unpaired) electrons. The Morgan fingerprint density at radius 3 is 2.58 bits per heavy atom. The smallest absolute Gasteiger partial charge is 0.240 e. The van der Waals surface area contributed by atoms with Gasteiger partial charge < -0.3 is 5.73 Å². The number of aryl methyl sites for hydroxylation is 1. The van der Waals surface area contributed by atoms with Gasteiger partial charge in [0.15, 0.2) is 0 Å². The molecule has 104 valence electrons. The molecule has 1 saturated carbocycles. The van der Waals surface area contributed by atoms with Crippen molar-refractivity contribution in [2.24, 2.45) is 11.1 Å². The minimum atomic E-state index is -3.46. The molecule has 0 heterocycles. The van der Waals surface area contributed by atoms with Crippen LogP contribution in [0.3, 0.4) is 0 Å². The highest BCUT2D eigenvalue weighted by Gasteiger charge is 2.38. The molecule has 0 unspecified atom stereocenters. The first kappa shape index (κ1) is 14.4. The average molecular weight is 298 g/mol. The van der Waals surface area contributed by atoms with Crippen molar-refractivity contribution in [2.75, 3.05) is 6.54 Å². The molecular weight excluding hydrogens is 280 g/mol. The zero-order valence-corrected chi connectivity index (χ0v) is 12.7. The van der Waals surface area contributed by atoms with Crippen LogP contribution in [0.2, 0.25) is 0 Å². The Morgan fingerprint density at radius 1 is 1.47 bits per heavy atom. The van der Waals surface area contributed by atoms with Crippen LogP contribution in [-0.4, -0.2) is 20.0 Å². The Kier molecular flexibility index (Phi) is 3.68. The minimum absolute atomic E-state index is 0.139. The van der Waals surface area contributed by atoms with Gasteiger partial charge in [-0.05, 0) is 42.9 Å². The molecule has 1 aliphatic rings. The third kappa shape index (κ3) is 3.32. The van der Waals surface area contributed by atoms with E-state index >= 15 is 0 Å². The molecule has 3 N–H and O–H groups in total. The first-order chi connectivity index (χ1) is 8.73. The highest BCUT2D eigenvalue weighted by atomic mass is 32.2. The van der Waals surface area contributed by atoms with Crippen LogP contribution < -0.4 is 10.5 Å². The highest BCUT2D eigenvalue weighted by Crippen LogP contribution is 2.44. The van der Waals surface area contributed by atoms with E-state index in [9.17, 15) is 8.42 Å². The Hall–Kier alpha value is -0.980. The Morgan fingerprint density at radius 2 is 2.11 bits per heavy atom. The Balaban J connectivity index is 2.22. The lowest BCUT2D eigenvalue weighted by Gasteiger charge is -2.13. The number of hydrogen-bond donors (Lipinski definition) is 2. The molecule has 1 aromatic carbocycles. The largest absolute Gasteiger partial charge is 0.389 e. The van der Waals surface area contributed by atoms with E-state index in [4.69, 9.17) is 18.0 Å². The van der Waals surface area contributed by atoms with Gasteiger partial charge in [0.25, 0.3) is 0 Å². The molecule has 1 fully saturated rings. The summed E-state index contributed by atoms with van der Waals surface area (Å²) < 4.78 is 27.1. The van der Waals surface area contributed by atoms with Gasteiger partial charge in [0.1, 0.15) is 4.99 Å². The molecule has 4 nitrogen and oxygen atoms in total. The maximum absolute atomic E-state index is 12.2. The van der Waals surface area contributed by atoms with Crippen LogP contribution in [0, 0.1) is 12.3 Å². The molecule has 0 aromatic heterocycles. The summed E-state index contributed by atoms with van der Waals surface area (Å²) in [4.78, 5) is 0.558. The molecule has 1 aliphatic carbocycles. The number of benzene rings is 1. The summed E-state index contributed by atoms with van der Waals surface area (Å²) in [7, 11) is -3.46. The highest BCUT2D eigenvalue weighted by molar-refractivity contribution is 7.89. The van der Waals surface area contributed by atoms with E-state index in [1.807, 2.05) is 0 Å². The van der Waals surface area contributed by atoms with Gasteiger partial charge in [-0.15, -0.1) is 0 Å². The topological polar surface area (TPSA) is 72.2 Å². The van der Waals surface area contributed by atoms with Gasteiger partial charge in [-0.1, -0.05) is 25.2 Å². The number of nitrogens with one attached hydrogen (secondary N) is 1. The minimum Gasteiger partial charge on any atom is -0.389 e. The van der Waals surface area contributed by atoms with Crippen LogP contribution in [0.4, 0.5) is 0 Å². The number of nitrogens with two attached hydrogens (primary N) is 1. The van der Waals surface area contributed by atoms with E-state index in [2.05, 4.69) is 11.6 Å². The third-order valence-electron chi connectivity index (χ3n) is 3.54. The lowest BCUT2D eigenvalue weighted by Crippen LogP contribution is -2.29. The van der Waals surface area contributed by atoms with Crippen molar-refractivity contribution in [3.63, 3.8) is 0 Å². The maximum atomic E-state index is 12.2. The standard InChI is InChI=1S/C13H18N2O2S2/c1-9-7-10(12(14)18)3-4-11(9)19(16,17)15-8-13(2)5-6-13/h3-4,7,15H,5-6,8H2,1-2H3,(H2,14,18). The summed E-state index contributed by atoms with van der Waals surface area (Å²) in [5, 5.41) is 0. The van der Waals surface area contributed by atoms with Crippen molar-refractivity contribution >= 4 is 27.2 Å². The summed E-state index contributed by atoms with van der Waals surface area (Å²) in [5.41, 5.74) is 7.00. The molecule has 0 atom stereocenters. The van der Waals surface area contributed by atoms with Crippen LogP contribution in [0.1, 0.15) is 30.9 Å². The fraction of sp³-hybridized carbons (Fsp3) is 0.462. The monoisotopic (exact) mass is 298 g/mol. The fourth-order valence-corrected chi connectivity index (χ4v) is 3.39. The maximum Gasteiger partial charge on any atom is 0.240 e. The molecule has 0 amide bonds. The molecule has 6 heteroatoms. The van der Waals surface area contributed by atoms with Crippen molar-refractivity contribution in [3.05, 3.63) is 29.3 Å². The van der Waals surface area contributed by atoms with Gasteiger partial charge in [0, 0.05) is 12.1 Å². The second-order valence-corrected chi connectivity index (χ2v) is 7.65. The summed E-state index contributed by atoms with van der Waals surface area (Å²) >= 11 is 4.88. The molecule has 2 rings (SSSR count). The number of thiocarbonyl (C=S) groups is 1. The number of rotatable bonds is 5. The third-order valence-corrected chi connectivity index (χ3v) is 5.34. The van der Waals surface area contributed by atoms with Crippen molar-refractivity contribution in [1.82, 2.24) is 4.72 Å². The molecule has 0 aliphatic heterocycles. The summed E-state index contributed by atoms with van der Waals surface area (Å²) in [6.45, 7) is 4.32. The van der Waals surface area contributed by atoms with Crippen LogP contribution in [-0.2, 0) is 10.0 Å². The van der Waals surface area contributed by atoms with E-state index in [1.54, 1.807) is 25.1 Å². The molecule has 0 saturated heterocycles. The second-order valence-electron chi connectivity index (χ2n) is 5.48. The molecule has 0 bridgehead atoms. The van der Waals surface area contributed by atoms with Crippen molar-refractivity contribution in [2.45, 2.75) is 31.6 Å². The first-order valence-electron chi connectivity index (χ1n) is 6.14. The number of hydrogen-bond acceptors (Lipinski definition) is 3. The van der Waals surface area contributed by atoms with Crippen molar-refractivity contribution in [3.8, 4) is 0 Å². The van der Waals surface area contributed by atoms with E-state index in [0.29, 0.717) is 17.7 Å². The SMILES string of the molecule is Cc1cc(C(N)=S)ccc1S(=O)(=O)NCC1(C)CC1. The van der Waals surface area contributed by atoms with E-state index in [0.717, 1.165) is 12.8 Å². The molecule has 1 aromatic rings.